The first-order chi connectivity index (χ1) is 7.16. The second-order valence-electron chi connectivity index (χ2n) is 3.61. The van der Waals surface area contributed by atoms with Gasteiger partial charge in [-0.15, -0.1) is 0 Å². The Labute approximate surface area is 85.7 Å². The summed E-state index contributed by atoms with van der Waals surface area (Å²) in [5.41, 5.74) is 4.44. The molecule has 0 atom stereocenters. The normalized spacial score (nSPS) is 15.5. The highest BCUT2D eigenvalue weighted by Crippen LogP contribution is 2.22. The Hall–Kier alpha value is -1.56. The highest BCUT2D eigenvalue weighted by molar-refractivity contribution is 5.30. The Balaban J connectivity index is 2.03. The number of hydrogen-bond donors (Lipinski definition) is 2. The lowest BCUT2D eigenvalue weighted by Gasteiger charge is -2.05. The van der Waals surface area contributed by atoms with Crippen LogP contribution < -0.4 is 17.0 Å². The minimum atomic E-state index is -0.542. The van der Waals surface area contributed by atoms with E-state index in [2.05, 4.69) is 4.98 Å². The third-order valence-corrected chi connectivity index (χ3v) is 2.25. The van der Waals surface area contributed by atoms with Gasteiger partial charge in [-0.3, -0.25) is 14.3 Å². The molecule has 0 radical (unpaired) electrons. The van der Waals surface area contributed by atoms with E-state index in [0.717, 1.165) is 12.8 Å². The molecular formula is C9H13N3O3. The monoisotopic (exact) mass is 211 g/mol. The Kier molecular flexibility index (Phi) is 2.59. The maximum Gasteiger partial charge on any atom is 0.328 e. The van der Waals surface area contributed by atoms with Crippen LogP contribution in [0.4, 0.5) is 5.69 Å². The third-order valence-electron chi connectivity index (χ3n) is 2.25. The van der Waals surface area contributed by atoms with Crippen molar-refractivity contribution >= 4 is 5.69 Å². The molecule has 3 N–H and O–H groups in total. The molecule has 6 nitrogen and oxygen atoms in total. The van der Waals surface area contributed by atoms with E-state index in [1.807, 2.05) is 0 Å². The van der Waals surface area contributed by atoms with Gasteiger partial charge in [0.2, 0.25) is 0 Å². The van der Waals surface area contributed by atoms with Crippen molar-refractivity contribution in [2.45, 2.75) is 25.5 Å². The Morgan fingerprint density at radius 1 is 1.53 bits per heavy atom. The molecule has 0 aromatic carbocycles. The summed E-state index contributed by atoms with van der Waals surface area (Å²) >= 11 is 0. The van der Waals surface area contributed by atoms with Gasteiger partial charge in [0.15, 0.2) is 0 Å². The maximum atomic E-state index is 11.3. The largest absolute Gasteiger partial charge is 0.393 e. The second-order valence-corrected chi connectivity index (χ2v) is 3.61. The van der Waals surface area contributed by atoms with Gasteiger partial charge in [-0.05, 0) is 12.8 Å². The highest BCUT2D eigenvalue weighted by atomic mass is 16.5. The topological polar surface area (TPSA) is 90.1 Å². The molecule has 82 valence electrons. The summed E-state index contributed by atoms with van der Waals surface area (Å²) in [4.78, 5) is 24.4. The number of aromatic amines is 1. The molecule has 2 rings (SSSR count). The SMILES string of the molecule is Nc1cn(CCOC2CC2)c(=O)[nH]c1=O. The summed E-state index contributed by atoms with van der Waals surface area (Å²) in [6.07, 6.45) is 3.91. The molecular weight excluding hydrogens is 198 g/mol. The highest BCUT2D eigenvalue weighted by Gasteiger charge is 2.21. The van der Waals surface area contributed by atoms with E-state index in [-0.39, 0.29) is 5.69 Å². The van der Waals surface area contributed by atoms with Crippen molar-refractivity contribution in [3.63, 3.8) is 0 Å². The van der Waals surface area contributed by atoms with Crippen molar-refractivity contribution < 1.29 is 4.74 Å². The van der Waals surface area contributed by atoms with Gasteiger partial charge >= 0.3 is 5.69 Å². The third kappa shape index (κ3) is 2.47. The predicted octanol–water partition coefficient (Wildman–Crippen LogP) is -0.702. The zero-order chi connectivity index (χ0) is 10.8. The molecule has 1 aliphatic rings. The molecule has 0 bridgehead atoms. The van der Waals surface area contributed by atoms with Crippen LogP contribution in [0.2, 0.25) is 0 Å². The van der Waals surface area contributed by atoms with E-state index in [1.165, 1.54) is 10.8 Å². The standard InChI is InChI=1S/C9H13N3O3/c10-7-5-12(9(14)11-8(7)13)3-4-15-6-1-2-6/h5-6H,1-4,10H2,(H,11,13,14). The average molecular weight is 211 g/mol. The van der Waals surface area contributed by atoms with Gasteiger partial charge in [0, 0.05) is 6.20 Å². The van der Waals surface area contributed by atoms with E-state index in [1.54, 1.807) is 0 Å². The lowest BCUT2D eigenvalue weighted by molar-refractivity contribution is 0.111. The maximum absolute atomic E-state index is 11.3. The van der Waals surface area contributed by atoms with Crippen LogP contribution in [0.25, 0.3) is 0 Å². The molecule has 15 heavy (non-hydrogen) atoms. The van der Waals surface area contributed by atoms with E-state index in [0.29, 0.717) is 19.3 Å². The zero-order valence-electron chi connectivity index (χ0n) is 8.23. The van der Waals surface area contributed by atoms with Crippen molar-refractivity contribution in [1.82, 2.24) is 9.55 Å². The number of nitrogens with one attached hydrogen (secondary N) is 1. The smallest absolute Gasteiger partial charge is 0.328 e. The molecule has 1 aromatic rings. The quantitative estimate of drug-likeness (QED) is 0.689. The fraction of sp³-hybridized carbons (Fsp3) is 0.556. The lowest BCUT2D eigenvalue weighted by atomic mass is 10.5. The van der Waals surface area contributed by atoms with E-state index < -0.39 is 11.2 Å². The van der Waals surface area contributed by atoms with Crippen molar-refractivity contribution in [3.8, 4) is 0 Å². The summed E-state index contributed by atoms with van der Waals surface area (Å²) < 4.78 is 6.74. The van der Waals surface area contributed by atoms with Crippen LogP contribution >= 0.6 is 0 Å². The first-order valence-corrected chi connectivity index (χ1v) is 4.87. The number of nitrogens with two attached hydrogens (primary N) is 1. The average Bonchev–Trinajstić information content (AvgIpc) is 2.97. The summed E-state index contributed by atoms with van der Waals surface area (Å²) in [5.74, 6) is 0. The van der Waals surface area contributed by atoms with Crippen molar-refractivity contribution in [3.05, 3.63) is 27.0 Å². The van der Waals surface area contributed by atoms with E-state index in [4.69, 9.17) is 10.5 Å². The molecule has 1 heterocycles. The Morgan fingerprint density at radius 3 is 2.93 bits per heavy atom. The number of aromatic nitrogens is 2. The van der Waals surface area contributed by atoms with Crippen LogP contribution in [0.5, 0.6) is 0 Å². The number of nitrogen functional groups attached to an aromatic ring is 1. The van der Waals surface area contributed by atoms with Gasteiger partial charge in [-0.2, -0.15) is 0 Å². The van der Waals surface area contributed by atoms with Crippen molar-refractivity contribution in [2.24, 2.45) is 0 Å². The van der Waals surface area contributed by atoms with Gasteiger partial charge in [0.05, 0.1) is 19.3 Å². The van der Waals surface area contributed by atoms with Crippen LogP contribution in [0.1, 0.15) is 12.8 Å². The van der Waals surface area contributed by atoms with Gasteiger partial charge in [0.25, 0.3) is 5.56 Å². The second kappa shape index (κ2) is 3.90. The predicted molar refractivity (Wildman–Crippen MR) is 54.7 cm³/mol. The number of anilines is 1. The first-order valence-electron chi connectivity index (χ1n) is 4.87. The molecule has 0 aliphatic heterocycles. The molecule has 1 aliphatic carbocycles. The fourth-order valence-electron chi connectivity index (χ4n) is 1.24. The van der Waals surface area contributed by atoms with Gasteiger partial charge in [-0.25, -0.2) is 4.79 Å². The fourth-order valence-corrected chi connectivity index (χ4v) is 1.24. The van der Waals surface area contributed by atoms with Crippen LogP contribution in [0.3, 0.4) is 0 Å². The number of rotatable bonds is 4. The number of ether oxygens (including phenoxy) is 1. The summed E-state index contributed by atoms with van der Waals surface area (Å²) in [7, 11) is 0. The number of hydrogen-bond acceptors (Lipinski definition) is 4. The van der Waals surface area contributed by atoms with Crippen molar-refractivity contribution in [2.75, 3.05) is 12.3 Å². The molecule has 0 spiro atoms. The molecule has 0 saturated heterocycles. The summed E-state index contributed by atoms with van der Waals surface area (Å²) in [6.45, 7) is 0.881. The minimum absolute atomic E-state index is 0.0426. The molecule has 1 aromatic heterocycles. The van der Waals surface area contributed by atoms with Gasteiger partial charge < -0.3 is 10.5 Å². The van der Waals surface area contributed by atoms with Crippen molar-refractivity contribution in [1.29, 1.82) is 0 Å². The van der Waals surface area contributed by atoms with Crippen LogP contribution in [-0.2, 0) is 11.3 Å². The zero-order valence-corrected chi connectivity index (χ0v) is 8.23. The number of nitrogens with zero attached hydrogens (tertiary/aromatic N) is 1. The molecule has 0 unspecified atom stereocenters. The van der Waals surface area contributed by atoms with Gasteiger partial charge in [-0.1, -0.05) is 0 Å². The number of H-pyrrole nitrogens is 1. The molecule has 0 amide bonds. The molecule has 6 heteroatoms. The van der Waals surface area contributed by atoms with Crippen LogP contribution in [-0.4, -0.2) is 22.3 Å². The Morgan fingerprint density at radius 2 is 2.27 bits per heavy atom. The molecule has 1 fully saturated rings. The van der Waals surface area contributed by atoms with Gasteiger partial charge in [0.1, 0.15) is 5.69 Å². The summed E-state index contributed by atoms with van der Waals surface area (Å²) in [6, 6.07) is 0. The first kappa shape index (κ1) is 9.97. The van der Waals surface area contributed by atoms with E-state index in [9.17, 15) is 9.59 Å². The summed E-state index contributed by atoms with van der Waals surface area (Å²) in [5, 5.41) is 0. The molecule has 1 saturated carbocycles. The minimum Gasteiger partial charge on any atom is -0.393 e. The lowest BCUT2D eigenvalue weighted by Crippen LogP contribution is -2.32. The Bertz CT molecular complexity index is 458. The van der Waals surface area contributed by atoms with Crippen LogP contribution in [0.15, 0.2) is 15.8 Å². The van der Waals surface area contributed by atoms with E-state index >= 15 is 0 Å². The van der Waals surface area contributed by atoms with Crippen LogP contribution in [0, 0.1) is 0 Å².